The second-order valence-corrected chi connectivity index (χ2v) is 7.65. The summed E-state index contributed by atoms with van der Waals surface area (Å²) >= 11 is 0. The van der Waals surface area contributed by atoms with Crippen LogP contribution in [0.1, 0.15) is 6.92 Å². The van der Waals surface area contributed by atoms with E-state index in [9.17, 15) is 18.0 Å². The van der Waals surface area contributed by atoms with Gasteiger partial charge in [-0.05, 0) is 31.2 Å². The van der Waals surface area contributed by atoms with Crippen molar-refractivity contribution in [2.75, 3.05) is 30.3 Å². The number of likely N-dealkylation sites (N-methyl/N-ethyl adjacent to an activating group) is 1. The maximum absolute atomic E-state index is 12.4. The van der Waals surface area contributed by atoms with Gasteiger partial charge in [-0.1, -0.05) is 18.2 Å². The molecule has 2 aliphatic rings. The van der Waals surface area contributed by atoms with E-state index in [0.29, 0.717) is 6.54 Å². The number of hydrogen-bond acceptors (Lipinski definition) is 6. The fraction of sp³-hybridized carbons (Fsp3) is 0.278. The van der Waals surface area contributed by atoms with Crippen molar-refractivity contribution in [1.82, 2.24) is 4.90 Å². The van der Waals surface area contributed by atoms with Gasteiger partial charge in [0.25, 0.3) is 15.9 Å². The second-order valence-electron chi connectivity index (χ2n) is 5.90. The van der Waals surface area contributed by atoms with E-state index in [1.54, 1.807) is 17.0 Å². The van der Waals surface area contributed by atoms with E-state index in [-0.39, 0.29) is 36.2 Å². The van der Waals surface area contributed by atoms with Crippen LogP contribution in [-0.2, 0) is 24.3 Å². The first-order valence-corrected chi connectivity index (χ1v) is 10.0. The van der Waals surface area contributed by atoms with Gasteiger partial charge in [0.2, 0.25) is 0 Å². The van der Waals surface area contributed by atoms with Gasteiger partial charge in [0.15, 0.2) is 6.61 Å². The molecule has 2 aliphatic heterocycles. The topological polar surface area (TPSA) is 96.4 Å². The zero-order chi connectivity index (χ0) is 19.4. The zero-order valence-corrected chi connectivity index (χ0v) is 15.6. The molecular weight excluding hydrogens is 370 g/mol. The standard InChI is InChI=1S/C18H19N3O5S/c1-2-21(15-6-4-3-5-7-15)17(22)13-26-18(23)14-8-9-16-19-27(24,25)11-10-20(16)12-14/h3-9,12H,2,10-11,13H2,1H3. The largest absolute Gasteiger partial charge is 0.452 e. The average Bonchev–Trinajstić information content (AvgIpc) is 2.66. The molecule has 8 nitrogen and oxygen atoms in total. The zero-order valence-electron chi connectivity index (χ0n) is 14.7. The minimum atomic E-state index is -3.45. The van der Waals surface area contributed by atoms with Crippen molar-refractivity contribution in [3.8, 4) is 0 Å². The third-order valence-electron chi connectivity index (χ3n) is 4.07. The third kappa shape index (κ3) is 4.43. The molecule has 0 saturated carbocycles. The summed E-state index contributed by atoms with van der Waals surface area (Å²) in [6.07, 6.45) is 4.35. The van der Waals surface area contributed by atoms with Crippen LogP contribution in [-0.4, -0.2) is 56.5 Å². The van der Waals surface area contributed by atoms with Gasteiger partial charge in [-0.25, -0.2) is 13.2 Å². The molecule has 0 fully saturated rings. The van der Waals surface area contributed by atoms with Crippen LogP contribution in [0.3, 0.4) is 0 Å². The number of carbonyl (C=O) groups excluding carboxylic acids is 2. The van der Waals surface area contributed by atoms with Crippen molar-refractivity contribution in [3.63, 3.8) is 0 Å². The Morgan fingerprint density at radius 2 is 1.96 bits per heavy atom. The molecule has 0 radical (unpaired) electrons. The number of fused-ring (bicyclic) bond motifs is 1. The number of anilines is 1. The molecule has 0 aliphatic carbocycles. The van der Waals surface area contributed by atoms with Crippen molar-refractivity contribution in [2.45, 2.75) is 6.92 Å². The highest BCUT2D eigenvalue weighted by molar-refractivity contribution is 7.90. The van der Waals surface area contributed by atoms with Gasteiger partial charge in [0.1, 0.15) is 5.84 Å². The first kappa shape index (κ1) is 18.8. The lowest BCUT2D eigenvalue weighted by atomic mass is 10.2. The molecule has 1 aromatic rings. The number of benzene rings is 1. The molecule has 0 unspecified atom stereocenters. The van der Waals surface area contributed by atoms with Gasteiger partial charge in [-0.2, -0.15) is 0 Å². The quantitative estimate of drug-likeness (QED) is 0.699. The van der Waals surface area contributed by atoms with Crippen LogP contribution in [0.4, 0.5) is 5.69 Å². The SMILES string of the molecule is CCN(C(=O)COC(=O)C1=CN2CCS(=O)(=O)N=C2C=C1)c1ccccc1. The number of amidine groups is 1. The van der Waals surface area contributed by atoms with Crippen LogP contribution in [0, 0.1) is 0 Å². The number of para-hydroxylation sites is 1. The fourth-order valence-corrected chi connectivity index (χ4v) is 3.69. The summed E-state index contributed by atoms with van der Waals surface area (Å²) in [5, 5.41) is 0. The maximum atomic E-state index is 12.4. The van der Waals surface area contributed by atoms with Crippen LogP contribution in [0.2, 0.25) is 0 Å². The number of hydrogen-bond donors (Lipinski definition) is 0. The molecule has 27 heavy (non-hydrogen) atoms. The molecular formula is C18H19N3O5S. The lowest BCUT2D eigenvalue weighted by Crippen LogP contribution is -2.37. The highest BCUT2D eigenvalue weighted by Gasteiger charge is 2.26. The minimum Gasteiger partial charge on any atom is -0.452 e. The van der Waals surface area contributed by atoms with Crippen LogP contribution >= 0.6 is 0 Å². The van der Waals surface area contributed by atoms with E-state index in [1.165, 1.54) is 23.3 Å². The van der Waals surface area contributed by atoms with Crippen molar-refractivity contribution in [1.29, 1.82) is 0 Å². The van der Waals surface area contributed by atoms with Gasteiger partial charge in [-0.3, -0.25) is 4.79 Å². The van der Waals surface area contributed by atoms with E-state index in [0.717, 1.165) is 5.69 Å². The summed E-state index contributed by atoms with van der Waals surface area (Å²) in [6.45, 7) is 2.11. The number of ether oxygens (including phenoxy) is 1. The number of rotatable bonds is 5. The number of nitrogens with zero attached hydrogens (tertiary/aromatic N) is 3. The molecule has 0 bridgehead atoms. The number of carbonyl (C=O) groups is 2. The van der Waals surface area contributed by atoms with Gasteiger partial charge >= 0.3 is 5.97 Å². The van der Waals surface area contributed by atoms with Crippen LogP contribution in [0.15, 0.2) is 58.7 Å². The number of sulfonamides is 1. The van der Waals surface area contributed by atoms with E-state index in [4.69, 9.17) is 4.74 Å². The summed E-state index contributed by atoms with van der Waals surface area (Å²) < 4.78 is 31.8. The highest BCUT2D eigenvalue weighted by atomic mass is 32.2. The molecule has 0 aromatic heterocycles. The third-order valence-corrected chi connectivity index (χ3v) is 5.24. The van der Waals surface area contributed by atoms with Gasteiger partial charge in [0, 0.05) is 25.0 Å². The molecule has 3 rings (SSSR count). The van der Waals surface area contributed by atoms with Crippen molar-refractivity contribution < 1.29 is 22.7 Å². The Kier molecular flexibility index (Phi) is 5.41. The summed E-state index contributed by atoms with van der Waals surface area (Å²) in [5.41, 5.74) is 0.956. The molecule has 1 aromatic carbocycles. The molecule has 0 atom stereocenters. The Bertz CT molecular complexity index is 935. The average molecular weight is 389 g/mol. The Morgan fingerprint density at radius 1 is 1.22 bits per heavy atom. The van der Waals surface area contributed by atoms with Crippen LogP contribution in [0.25, 0.3) is 0 Å². The predicted octanol–water partition coefficient (Wildman–Crippen LogP) is 1.08. The molecule has 0 spiro atoms. The first-order valence-electron chi connectivity index (χ1n) is 8.41. The van der Waals surface area contributed by atoms with E-state index >= 15 is 0 Å². The fourth-order valence-electron chi connectivity index (χ4n) is 2.72. The van der Waals surface area contributed by atoms with Crippen molar-refractivity contribution in [2.24, 2.45) is 4.40 Å². The van der Waals surface area contributed by atoms with E-state index < -0.39 is 16.0 Å². The highest BCUT2D eigenvalue weighted by Crippen LogP contribution is 2.17. The Labute approximate surface area is 157 Å². The first-order chi connectivity index (χ1) is 12.9. The Balaban J connectivity index is 1.62. The molecule has 0 saturated heterocycles. The smallest absolute Gasteiger partial charge is 0.340 e. The Morgan fingerprint density at radius 3 is 2.67 bits per heavy atom. The van der Waals surface area contributed by atoms with E-state index in [1.807, 2.05) is 25.1 Å². The molecule has 142 valence electrons. The van der Waals surface area contributed by atoms with E-state index in [2.05, 4.69) is 4.40 Å². The van der Waals surface area contributed by atoms with Crippen LogP contribution in [0.5, 0.6) is 0 Å². The number of esters is 1. The number of amides is 1. The summed E-state index contributed by atoms with van der Waals surface area (Å²) in [5.74, 6) is -0.848. The van der Waals surface area contributed by atoms with Crippen molar-refractivity contribution >= 4 is 33.4 Å². The predicted molar refractivity (Wildman–Crippen MR) is 101 cm³/mol. The molecule has 9 heteroatoms. The lowest BCUT2D eigenvalue weighted by molar-refractivity contribution is -0.143. The normalized spacial score (nSPS) is 17.4. The maximum Gasteiger partial charge on any atom is 0.340 e. The monoisotopic (exact) mass is 389 g/mol. The summed E-state index contributed by atoms with van der Waals surface area (Å²) in [7, 11) is -3.45. The second kappa shape index (κ2) is 7.75. The Hall–Kier alpha value is -2.94. The summed E-state index contributed by atoms with van der Waals surface area (Å²) in [4.78, 5) is 27.7. The summed E-state index contributed by atoms with van der Waals surface area (Å²) in [6, 6.07) is 9.12. The van der Waals surface area contributed by atoms with Gasteiger partial charge < -0.3 is 14.5 Å². The lowest BCUT2D eigenvalue weighted by Gasteiger charge is -2.26. The minimum absolute atomic E-state index is 0.121. The molecule has 1 amide bonds. The van der Waals surface area contributed by atoms with Gasteiger partial charge in [0.05, 0.1) is 11.3 Å². The van der Waals surface area contributed by atoms with Gasteiger partial charge in [-0.15, -0.1) is 4.40 Å². The molecule has 0 N–H and O–H groups in total. The van der Waals surface area contributed by atoms with Crippen molar-refractivity contribution in [3.05, 3.63) is 54.3 Å². The molecule has 2 heterocycles. The van der Waals surface area contributed by atoms with Crippen LogP contribution < -0.4 is 4.90 Å².